The summed E-state index contributed by atoms with van der Waals surface area (Å²) >= 11 is 0. The molecule has 8 nitrogen and oxygen atoms in total. The van der Waals surface area contributed by atoms with Crippen LogP contribution in [-0.4, -0.2) is 38.0 Å². The molecular formula is C27H24FNO7P+. The van der Waals surface area contributed by atoms with Crippen LogP contribution in [0.3, 0.4) is 0 Å². The van der Waals surface area contributed by atoms with Gasteiger partial charge in [-0.3, -0.25) is 4.98 Å². The van der Waals surface area contributed by atoms with E-state index >= 15 is 0 Å². The molecule has 3 aromatic rings. The third kappa shape index (κ3) is 4.23. The van der Waals surface area contributed by atoms with Crippen molar-refractivity contribution >= 4 is 14.0 Å². The summed E-state index contributed by atoms with van der Waals surface area (Å²) < 4.78 is 37.1. The van der Waals surface area contributed by atoms with Gasteiger partial charge in [0, 0.05) is 11.1 Å². The molecule has 2 aromatic carbocycles. The van der Waals surface area contributed by atoms with Crippen molar-refractivity contribution in [2.24, 2.45) is 0 Å². The number of carboxylic acids is 1. The number of hydrogen-bond acceptors (Lipinski definition) is 6. The van der Waals surface area contributed by atoms with E-state index in [1.165, 1.54) is 24.3 Å². The zero-order valence-electron chi connectivity index (χ0n) is 20.2. The second kappa shape index (κ2) is 9.56. The fraction of sp³-hybridized carbons (Fsp3) is 0.259. The highest BCUT2D eigenvalue weighted by atomic mass is 31.1. The van der Waals surface area contributed by atoms with Crippen LogP contribution in [0.2, 0.25) is 0 Å². The minimum atomic E-state index is -3.63. The molecule has 1 aliphatic rings. The highest BCUT2D eigenvalue weighted by molar-refractivity contribution is 7.42. The van der Waals surface area contributed by atoms with Crippen molar-refractivity contribution in [1.29, 1.82) is 0 Å². The van der Waals surface area contributed by atoms with Crippen LogP contribution in [0.25, 0.3) is 22.4 Å². The van der Waals surface area contributed by atoms with Gasteiger partial charge >= 0.3 is 19.2 Å². The van der Waals surface area contributed by atoms with Gasteiger partial charge in [-0.25, -0.2) is 9.18 Å². The maximum Gasteiger partial charge on any atom is 0.541 e. The summed E-state index contributed by atoms with van der Waals surface area (Å²) in [6.45, 7) is 4.71. The predicted molar refractivity (Wildman–Crippen MR) is 134 cm³/mol. The van der Waals surface area contributed by atoms with Crippen LogP contribution in [0.15, 0.2) is 48.5 Å². The van der Waals surface area contributed by atoms with E-state index in [0.717, 1.165) is 6.92 Å². The number of halogens is 1. The number of rotatable bonds is 7. The van der Waals surface area contributed by atoms with E-state index in [-0.39, 0.29) is 23.6 Å². The summed E-state index contributed by atoms with van der Waals surface area (Å²) in [5.74, 6) is 0.218. The van der Waals surface area contributed by atoms with Crippen LogP contribution in [0.1, 0.15) is 37.9 Å². The van der Waals surface area contributed by atoms with Crippen molar-refractivity contribution in [3.63, 3.8) is 0 Å². The Labute approximate surface area is 213 Å². The number of aliphatic hydroxyl groups is 1. The lowest BCUT2D eigenvalue weighted by atomic mass is 9.76. The molecule has 190 valence electrons. The number of aliphatic carboxylic acids is 1. The average molecular weight is 524 g/mol. The maximum atomic E-state index is 13.8. The lowest BCUT2D eigenvalue weighted by molar-refractivity contribution is -0.145. The summed E-state index contributed by atoms with van der Waals surface area (Å²) in [6, 6.07) is 12.1. The van der Waals surface area contributed by atoms with Gasteiger partial charge in [0.15, 0.2) is 17.1 Å². The number of fused-ring (bicyclic) bond motifs is 1. The Bertz CT molecular complexity index is 1430. The highest BCUT2D eigenvalue weighted by Crippen LogP contribution is 2.53. The molecule has 0 saturated heterocycles. The second-order valence-corrected chi connectivity index (χ2v) is 10.3. The van der Waals surface area contributed by atoms with Crippen molar-refractivity contribution < 1.29 is 38.3 Å². The fourth-order valence-corrected chi connectivity index (χ4v) is 5.23. The van der Waals surface area contributed by atoms with E-state index in [2.05, 4.69) is 0 Å². The van der Waals surface area contributed by atoms with Gasteiger partial charge < -0.3 is 19.7 Å². The fourth-order valence-electron chi connectivity index (χ4n) is 4.47. The molecule has 0 aliphatic carbocycles. The van der Waals surface area contributed by atoms with Gasteiger partial charge in [-0.15, -0.1) is 6.42 Å². The van der Waals surface area contributed by atoms with E-state index < -0.39 is 36.5 Å². The first kappa shape index (κ1) is 26.2. The van der Waals surface area contributed by atoms with Crippen LogP contribution >= 0.6 is 8.03 Å². The zero-order chi connectivity index (χ0) is 27.1. The van der Waals surface area contributed by atoms with Crippen LogP contribution in [0, 0.1) is 18.2 Å². The number of hydrogen-bond donors (Lipinski definition) is 3. The molecule has 10 heteroatoms. The maximum absolute atomic E-state index is 13.8. The van der Waals surface area contributed by atoms with E-state index in [9.17, 15) is 28.9 Å². The number of terminal acetylenes is 1. The number of carboxylic acid groups (broad SMARTS) is 1. The largest absolute Gasteiger partial charge is 0.541 e. The van der Waals surface area contributed by atoms with Crippen molar-refractivity contribution in [3.8, 4) is 46.2 Å². The summed E-state index contributed by atoms with van der Waals surface area (Å²) in [5, 5.41) is 18.9. The van der Waals surface area contributed by atoms with Crippen LogP contribution in [-0.2, 0) is 15.0 Å². The van der Waals surface area contributed by atoms with Crippen molar-refractivity contribution in [2.75, 3.05) is 6.79 Å². The van der Waals surface area contributed by atoms with Gasteiger partial charge in [0.25, 0.3) is 0 Å². The number of benzene rings is 2. The average Bonchev–Trinajstić information content (AvgIpc) is 3.31. The molecule has 3 unspecified atom stereocenters. The lowest BCUT2D eigenvalue weighted by Crippen LogP contribution is -2.53. The zero-order valence-corrected chi connectivity index (χ0v) is 21.1. The molecule has 0 radical (unpaired) electrons. The Morgan fingerprint density at radius 3 is 2.32 bits per heavy atom. The van der Waals surface area contributed by atoms with Gasteiger partial charge in [0.1, 0.15) is 5.82 Å². The normalized spacial score (nSPS) is 16.0. The summed E-state index contributed by atoms with van der Waals surface area (Å²) in [4.78, 5) is 27.2. The topological polar surface area (TPSA) is 126 Å². The van der Waals surface area contributed by atoms with E-state index in [1.54, 1.807) is 38.1 Å². The minimum Gasteiger partial charge on any atom is -0.477 e. The summed E-state index contributed by atoms with van der Waals surface area (Å²) in [6.07, 6.45) is 5.51. The van der Waals surface area contributed by atoms with Gasteiger partial charge in [-0.2, -0.15) is 4.89 Å². The van der Waals surface area contributed by atoms with E-state index in [1.807, 2.05) is 5.92 Å². The van der Waals surface area contributed by atoms with Crippen molar-refractivity contribution in [1.82, 2.24) is 4.98 Å². The first-order valence-corrected chi connectivity index (χ1v) is 12.5. The van der Waals surface area contributed by atoms with Crippen LogP contribution < -0.4 is 9.47 Å². The van der Waals surface area contributed by atoms with Crippen LogP contribution in [0.5, 0.6) is 11.5 Å². The Balaban J connectivity index is 2.10. The van der Waals surface area contributed by atoms with Crippen molar-refractivity contribution in [3.05, 3.63) is 65.6 Å². The SMILES string of the molecule is C#CC(C(=O)O)([P+](=O)O)C(C)(O)c1c(-c2ccc(F)cc2)cc(-c2ccc3c(c2)OCO3)nc1C(C)C. The number of carbonyl (C=O) groups is 1. The molecule has 3 N–H and O–H groups in total. The van der Waals surface area contributed by atoms with Gasteiger partial charge in [0.05, 0.1) is 11.4 Å². The predicted octanol–water partition coefficient (Wildman–Crippen LogP) is 4.81. The molecule has 0 saturated carbocycles. The minimum absolute atomic E-state index is 0.0450. The number of ether oxygens (including phenoxy) is 2. The van der Waals surface area contributed by atoms with Gasteiger partial charge in [-0.05, 0) is 70.9 Å². The van der Waals surface area contributed by atoms with E-state index in [4.69, 9.17) is 20.9 Å². The third-order valence-corrected chi connectivity index (χ3v) is 7.74. The first-order chi connectivity index (χ1) is 17.4. The molecule has 3 atom stereocenters. The lowest BCUT2D eigenvalue weighted by Gasteiger charge is -2.33. The van der Waals surface area contributed by atoms with E-state index in [0.29, 0.717) is 28.3 Å². The summed E-state index contributed by atoms with van der Waals surface area (Å²) in [7, 11) is -3.63. The molecule has 0 fully saturated rings. The molecule has 4 rings (SSSR count). The van der Waals surface area contributed by atoms with Crippen molar-refractivity contribution in [2.45, 2.75) is 37.4 Å². The molecule has 2 heterocycles. The molecule has 0 spiro atoms. The molecule has 0 bridgehead atoms. The standard InChI is InChI=1S/C27H23FNO7P/c1-5-27(25(30)31,37(33)34)26(4,32)23-19(16-6-9-18(28)10-7-16)13-20(29-24(23)15(2)3)17-8-11-21-22(12-17)36-14-35-21/h1,6-13,15,32H,14H2,2-4H3,(H-,30,31,33,34)/p+1. The molecular weight excluding hydrogens is 500 g/mol. The number of aromatic nitrogens is 1. The first-order valence-electron chi connectivity index (χ1n) is 11.2. The quantitative estimate of drug-likeness (QED) is 0.297. The Morgan fingerprint density at radius 2 is 1.76 bits per heavy atom. The molecule has 37 heavy (non-hydrogen) atoms. The smallest absolute Gasteiger partial charge is 0.477 e. The van der Waals surface area contributed by atoms with Gasteiger partial charge in [0.2, 0.25) is 6.79 Å². The molecule has 1 aromatic heterocycles. The van der Waals surface area contributed by atoms with Gasteiger partial charge in [-0.1, -0.05) is 26.0 Å². The number of nitrogens with zero attached hydrogens (tertiary/aromatic N) is 1. The Morgan fingerprint density at radius 1 is 1.14 bits per heavy atom. The Hall–Kier alpha value is -3.83. The highest BCUT2D eigenvalue weighted by Gasteiger charge is 2.70. The molecule has 0 amide bonds. The monoisotopic (exact) mass is 524 g/mol. The van der Waals surface area contributed by atoms with Crippen LogP contribution in [0.4, 0.5) is 4.39 Å². The second-order valence-electron chi connectivity index (χ2n) is 9.05. The summed E-state index contributed by atoms with van der Waals surface area (Å²) in [5.41, 5.74) is -0.610. The third-order valence-electron chi connectivity index (χ3n) is 6.41. The Kier molecular flexibility index (Phi) is 6.78. The number of pyridine rings is 1. The molecule has 1 aliphatic heterocycles.